The van der Waals surface area contributed by atoms with Crippen molar-refractivity contribution in [1.82, 2.24) is 4.48 Å². The van der Waals surface area contributed by atoms with Gasteiger partial charge in [-0.05, 0) is 48.9 Å². The van der Waals surface area contributed by atoms with E-state index in [0.29, 0.717) is 11.0 Å². The van der Waals surface area contributed by atoms with E-state index >= 15 is 0 Å². The first-order valence-corrected chi connectivity index (χ1v) is 11.4. The fourth-order valence-corrected chi connectivity index (χ4v) is 5.18. The van der Waals surface area contributed by atoms with Crippen LogP contribution in [0.1, 0.15) is 16.7 Å². The number of aryl methyl sites for hydroxylation is 1. The average molecular weight is 436 g/mol. The van der Waals surface area contributed by atoms with E-state index in [4.69, 9.17) is 9.47 Å². The normalized spacial score (nSPS) is 23.3. The molecule has 0 amide bonds. The van der Waals surface area contributed by atoms with Gasteiger partial charge in [0.2, 0.25) is 0 Å². The van der Waals surface area contributed by atoms with Crippen molar-refractivity contribution in [2.75, 3.05) is 11.9 Å². The zero-order chi connectivity index (χ0) is 22.5. The lowest BCUT2D eigenvalue weighted by Crippen LogP contribution is -2.79. The second kappa shape index (κ2) is 7.39. The van der Waals surface area contributed by atoms with Gasteiger partial charge < -0.3 is 9.47 Å². The van der Waals surface area contributed by atoms with E-state index in [1.54, 1.807) is 0 Å². The van der Waals surface area contributed by atoms with Gasteiger partial charge in [0.05, 0.1) is 13.6 Å². The van der Waals surface area contributed by atoms with E-state index < -0.39 is 6.03 Å². The van der Waals surface area contributed by atoms with Gasteiger partial charge in [0.1, 0.15) is 23.7 Å². The molecule has 0 saturated carbocycles. The quantitative estimate of drug-likeness (QED) is 0.348. The molecule has 0 fully saturated rings. The van der Waals surface area contributed by atoms with Crippen molar-refractivity contribution in [3.8, 4) is 11.5 Å². The first-order valence-electron chi connectivity index (χ1n) is 11.4. The minimum atomic E-state index is -1.11. The molecular weight excluding hydrogens is 408 g/mol. The molecular formula is C29H27N2O2+. The summed E-state index contributed by atoms with van der Waals surface area (Å²) in [5.41, 5.74) is 5.63. The highest BCUT2D eigenvalue weighted by atomic mass is 16.8. The maximum absolute atomic E-state index is 7.06. The molecule has 0 aromatic heterocycles. The van der Waals surface area contributed by atoms with Gasteiger partial charge >= 0.3 is 6.03 Å². The Morgan fingerprint density at radius 1 is 0.727 bits per heavy atom. The summed E-state index contributed by atoms with van der Waals surface area (Å²) >= 11 is 0. The lowest BCUT2D eigenvalue weighted by atomic mass is 10.0. The number of quaternary nitrogens is 1. The third-order valence-electron chi connectivity index (χ3n) is 6.92. The fraction of sp³-hybridized carbons (Fsp3) is 0.172. The van der Waals surface area contributed by atoms with Crippen LogP contribution in [0.3, 0.4) is 0 Å². The van der Waals surface area contributed by atoms with E-state index in [2.05, 4.69) is 104 Å². The number of benzene rings is 4. The van der Waals surface area contributed by atoms with Crippen LogP contribution in [0.15, 0.2) is 103 Å². The van der Waals surface area contributed by atoms with Gasteiger partial charge in [-0.1, -0.05) is 66.7 Å². The van der Waals surface area contributed by atoms with E-state index in [0.717, 1.165) is 40.5 Å². The second-order valence-corrected chi connectivity index (χ2v) is 9.03. The number of nitrogens with zero attached hydrogens (tertiary/aromatic N) is 2. The number of ether oxygens (including phenoxy) is 2. The molecule has 6 rings (SSSR count). The standard InChI is InChI=1S/C29H27N2O2/c1-22-12-11-14-24-21-31(2,26-17-7-4-8-18-26)29(33-28(22)24)30(25-15-5-3-6-16-25)20-23-13-9-10-19-27(23)32-29/h3-19H,20-21H2,1-2H3/q+1/t29?,31-/m0/s1. The third kappa shape index (κ3) is 2.95. The summed E-state index contributed by atoms with van der Waals surface area (Å²) in [7, 11) is 2.21. The largest absolute Gasteiger partial charge is 0.509 e. The molecule has 4 aromatic rings. The third-order valence-corrected chi connectivity index (χ3v) is 6.92. The summed E-state index contributed by atoms with van der Waals surface area (Å²) in [5, 5.41) is 0. The SMILES string of the molecule is Cc1cccc2c1OC1(Oc3ccccc3CN1c1ccccc1)[N@+](C)(c1ccccc1)C2. The molecule has 0 radical (unpaired) electrons. The van der Waals surface area contributed by atoms with Crippen molar-refractivity contribution in [3.05, 3.63) is 120 Å². The van der Waals surface area contributed by atoms with Crippen LogP contribution in [-0.2, 0) is 13.1 Å². The first kappa shape index (κ1) is 19.9. The van der Waals surface area contributed by atoms with Gasteiger partial charge in [0, 0.05) is 16.8 Å². The van der Waals surface area contributed by atoms with Gasteiger partial charge in [0.25, 0.3) is 0 Å². The molecule has 0 N–H and O–H groups in total. The minimum Gasteiger partial charge on any atom is -0.388 e. The van der Waals surface area contributed by atoms with E-state index in [9.17, 15) is 0 Å². The smallest absolute Gasteiger partial charge is 0.388 e. The number of anilines is 1. The summed E-state index contributed by atoms with van der Waals surface area (Å²) in [6.07, 6.45) is 0. The van der Waals surface area contributed by atoms with E-state index in [-0.39, 0.29) is 0 Å². The summed E-state index contributed by atoms with van der Waals surface area (Å²) in [6, 6.07) is 34.5. The topological polar surface area (TPSA) is 21.7 Å². The van der Waals surface area contributed by atoms with Gasteiger partial charge in [0.15, 0.2) is 0 Å². The average Bonchev–Trinajstić information content (AvgIpc) is 2.86. The molecule has 4 aromatic carbocycles. The summed E-state index contributed by atoms with van der Waals surface area (Å²) < 4.78 is 14.5. The molecule has 0 saturated heterocycles. The second-order valence-electron chi connectivity index (χ2n) is 9.03. The van der Waals surface area contributed by atoms with Gasteiger partial charge in [-0.3, -0.25) is 0 Å². The van der Waals surface area contributed by atoms with Crippen LogP contribution in [0.2, 0.25) is 0 Å². The van der Waals surface area contributed by atoms with Gasteiger partial charge in [-0.25, -0.2) is 4.90 Å². The van der Waals surface area contributed by atoms with Crippen LogP contribution < -0.4 is 18.9 Å². The van der Waals surface area contributed by atoms with E-state index in [1.165, 1.54) is 5.56 Å². The Bertz CT molecular complexity index is 1310. The molecule has 0 bridgehead atoms. The van der Waals surface area contributed by atoms with Crippen molar-refractivity contribution in [2.24, 2.45) is 0 Å². The Balaban J connectivity index is 1.65. The molecule has 0 aliphatic carbocycles. The lowest BCUT2D eigenvalue weighted by molar-refractivity contribution is -0.230. The Morgan fingerprint density at radius 3 is 2.18 bits per heavy atom. The molecule has 2 heterocycles. The Hall–Kier alpha value is -3.76. The highest BCUT2D eigenvalue weighted by Gasteiger charge is 2.65. The van der Waals surface area contributed by atoms with Crippen molar-refractivity contribution < 1.29 is 9.47 Å². The van der Waals surface area contributed by atoms with Crippen molar-refractivity contribution in [3.63, 3.8) is 0 Å². The molecule has 33 heavy (non-hydrogen) atoms. The zero-order valence-corrected chi connectivity index (χ0v) is 18.9. The maximum Gasteiger partial charge on any atom is 0.509 e. The van der Waals surface area contributed by atoms with Crippen LogP contribution >= 0.6 is 0 Å². The molecule has 1 unspecified atom stereocenters. The number of hydrogen-bond acceptors (Lipinski definition) is 3. The molecule has 2 atom stereocenters. The Kier molecular flexibility index (Phi) is 4.46. The van der Waals surface area contributed by atoms with Crippen LogP contribution in [0, 0.1) is 6.92 Å². The van der Waals surface area contributed by atoms with E-state index in [1.807, 2.05) is 18.2 Å². The number of fused-ring (bicyclic) bond motifs is 2. The highest BCUT2D eigenvalue weighted by Crippen LogP contribution is 2.49. The Morgan fingerprint density at radius 2 is 1.39 bits per heavy atom. The van der Waals surface area contributed by atoms with Crippen LogP contribution in [0.4, 0.5) is 11.4 Å². The van der Waals surface area contributed by atoms with Crippen molar-refractivity contribution >= 4 is 11.4 Å². The zero-order valence-electron chi connectivity index (χ0n) is 18.9. The van der Waals surface area contributed by atoms with Crippen molar-refractivity contribution in [2.45, 2.75) is 26.0 Å². The monoisotopic (exact) mass is 435 g/mol. The highest BCUT2D eigenvalue weighted by molar-refractivity contribution is 5.58. The van der Waals surface area contributed by atoms with Crippen LogP contribution in [0.5, 0.6) is 11.5 Å². The molecule has 2 aliphatic rings. The summed E-state index contributed by atoms with van der Waals surface area (Å²) in [4.78, 5) is 2.28. The predicted octanol–water partition coefficient (Wildman–Crippen LogP) is 6.24. The lowest BCUT2D eigenvalue weighted by Gasteiger charge is -2.56. The van der Waals surface area contributed by atoms with Crippen LogP contribution in [0.25, 0.3) is 0 Å². The molecule has 4 heteroatoms. The van der Waals surface area contributed by atoms with Crippen molar-refractivity contribution in [1.29, 1.82) is 0 Å². The molecule has 1 spiro atoms. The molecule has 4 nitrogen and oxygen atoms in total. The number of rotatable bonds is 2. The maximum atomic E-state index is 7.06. The number of para-hydroxylation sites is 4. The number of hydrogen-bond donors (Lipinski definition) is 0. The minimum absolute atomic E-state index is 0.424. The summed E-state index contributed by atoms with van der Waals surface area (Å²) in [5.74, 6) is 1.77. The Labute approximate surface area is 194 Å². The molecule has 164 valence electrons. The van der Waals surface area contributed by atoms with Gasteiger partial charge in [-0.15, -0.1) is 0 Å². The van der Waals surface area contributed by atoms with Gasteiger partial charge in [-0.2, -0.15) is 4.48 Å². The molecule has 2 aliphatic heterocycles. The fourth-order valence-electron chi connectivity index (χ4n) is 5.18. The predicted molar refractivity (Wildman–Crippen MR) is 132 cm³/mol. The summed E-state index contributed by atoms with van der Waals surface area (Å²) in [6.45, 7) is 3.53. The van der Waals surface area contributed by atoms with Crippen LogP contribution in [-0.4, -0.2) is 13.1 Å². The first-order chi connectivity index (χ1) is 16.1.